The lowest BCUT2D eigenvalue weighted by Gasteiger charge is -2.16. The molecule has 0 spiro atoms. The third-order valence-electron chi connectivity index (χ3n) is 4.36. The normalized spacial score (nSPS) is 11.8. The molecule has 2 amide bonds. The summed E-state index contributed by atoms with van der Waals surface area (Å²) in [6, 6.07) is 9.44. The molecule has 31 heavy (non-hydrogen) atoms. The van der Waals surface area contributed by atoms with Crippen LogP contribution < -0.4 is 16.0 Å². The SMILES string of the molecule is CC(C)C(Nc1cc(-c2ccc(NC(=O)Nc3ccc(F)cc3F)cc2)no1)C(=O)O. The first-order valence-corrected chi connectivity index (χ1v) is 9.32. The van der Waals surface area contributed by atoms with Gasteiger partial charge in [0.1, 0.15) is 23.4 Å². The topological polar surface area (TPSA) is 116 Å². The van der Waals surface area contributed by atoms with Crippen LogP contribution in [0.15, 0.2) is 53.1 Å². The monoisotopic (exact) mass is 430 g/mol. The Hall–Kier alpha value is -3.95. The zero-order chi connectivity index (χ0) is 22.5. The van der Waals surface area contributed by atoms with Crippen LogP contribution in [-0.2, 0) is 4.79 Å². The standard InChI is InChI=1S/C21H20F2N4O4/c1-11(2)19(20(28)29)26-18-10-17(27-31-18)12-3-6-14(7-4-12)24-21(30)25-16-8-5-13(22)9-15(16)23/h3-11,19,26H,1-2H3,(H,28,29)(H2,24,25,30). The van der Waals surface area contributed by atoms with Gasteiger partial charge in [0, 0.05) is 23.4 Å². The number of carbonyl (C=O) groups is 2. The second-order valence-corrected chi connectivity index (χ2v) is 7.06. The minimum atomic E-state index is -0.998. The van der Waals surface area contributed by atoms with Crippen LogP contribution in [0.2, 0.25) is 0 Å². The molecule has 0 saturated heterocycles. The first kappa shape index (κ1) is 21.8. The van der Waals surface area contributed by atoms with E-state index in [9.17, 15) is 23.5 Å². The number of anilines is 3. The fourth-order valence-corrected chi connectivity index (χ4v) is 2.75. The van der Waals surface area contributed by atoms with Crippen LogP contribution in [0.25, 0.3) is 11.3 Å². The van der Waals surface area contributed by atoms with Crippen LogP contribution in [0.3, 0.4) is 0 Å². The second-order valence-electron chi connectivity index (χ2n) is 7.06. The van der Waals surface area contributed by atoms with Gasteiger partial charge in [0.05, 0.1) is 5.69 Å². The van der Waals surface area contributed by atoms with E-state index in [-0.39, 0.29) is 17.5 Å². The van der Waals surface area contributed by atoms with Crippen LogP contribution >= 0.6 is 0 Å². The van der Waals surface area contributed by atoms with Crippen molar-refractivity contribution >= 4 is 29.3 Å². The van der Waals surface area contributed by atoms with Gasteiger partial charge >= 0.3 is 12.0 Å². The van der Waals surface area contributed by atoms with Gasteiger partial charge in [0.25, 0.3) is 0 Å². The highest BCUT2D eigenvalue weighted by Crippen LogP contribution is 2.24. The molecule has 10 heteroatoms. The van der Waals surface area contributed by atoms with Gasteiger partial charge in [-0.25, -0.2) is 18.4 Å². The van der Waals surface area contributed by atoms with Gasteiger partial charge in [0.15, 0.2) is 0 Å². The van der Waals surface area contributed by atoms with Gasteiger partial charge in [-0.05, 0) is 30.2 Å². The maximum Gasteiger partial charge on any atom is 0.326 e. The molecule has 0 aliphatic carbocycles. The molecule has 0 saturated carbocycles. The summed E-state index contributed by atoms with van der Waals surface area (Å²) in [6.45, 7) is 3.55. The van der Waals surface area contributed by atoms with Crippen LogP contribution in [0.1, 0.15) is 13.8 Å². The van der Waals surface area contributed by atoms with Crippen molar-refractivity contribution < 1.29 is 28.0 Å². The Morgan fingerprint density at radius 3 is 2.35 bits per heavy atom. The largest absolute Gasteiger partial charge is 0.480 e. The molecule has 1 aromatic heterocycles. The third-order valence-corrected chi connectivity index (χ3v) is 4.36. The number of carboxylic acids is 1. The number of benzene rings is 2. The summed E-state index contributed by atoms with van der Waals surface area (Å²) in [6.07, 6.45) is 0. The molecule has 1 unspecified atom stereocenters. The van der Waals surface area contributed by atoms with Crippen LogP contribution in [0, 0.1) is 17.6 Å². The summed E-state index contributed by atoms with van der Waals surface area (Å²) in [7, 11) is 0. The summed E-state index contributed by atoms with van der Waals surface area (Å²) in [5, 5.41) is 20.8. The first-order chi connectivity index (χ1) is 14.7. The minimum absolute atomic E-state index is 0.154. The van der Waals surface area contributed by atoms with E-state index in [1.807, 2.05) is 0 Å². The van der Waals surface area contributed by atoms with E-state index in [2.05, 4.69) is 21.1 Å². The zero-order valence-corrected chi connectivity index (χ0v) is 16.6. The first-order valence-electron chi connectivity index (χ1n) is 9.32. The van der Waals surface area contributed by atoms with Gasteiger partial charge in [-0.2, -0.15) is 0 Å². The molecule has 3 rings (SSSR count). The van der Waals surface area contributed by atoms with E-state index in [4.69, 9.17) is 4.52 Å². The predicted octanol–water partition coefficient (Wildman–Crippen LogP) is 4.78. The molecular weight excluding hydrogens is 410 g/mol. The van der Waals surface area contributed by atoms with E-state index < -0.39 is 29.7 Å². The van der Waals surface area contributed by atoms with Crippen molar-refractivity contribution in [3.8, 4) is 11.3 Å². The average molecular weight is 430 g/mol. The summed E-state index contributed by atoms with van der Waals surface area (Å²) in [4.78, 5) is 23.3. The molecule has 3 aromatic rings. The molecule has 2 aromatic carbocycles. The Labute approximate surface area is 176 Å². The summed E-state index contributed by atoms with van der Waals surface area (Å²) in [5.41, 5.74) is 1.42. The summed E-state index contributed by atoms with van der Waals surface area (Å²) >= 11 is 0. The van der Waals surface area contributed by atoms with Gasteiger partial charge in [-0.3, -0.25) is 0 Å². The quantitative estimate of drug-likeness (QED) is 0.428. The van der Waals surface area contributed by atoms with Crippen LogP contribution in [0.5, 0.6) is 0 Å². The molecular formula is C21H20F2N4O4. The fourth-order valence-electron chi connectivity index (χ4n) is 2.75. The lowest BCUT2D eigenvalue weighted by atomic mass is 10.1. The maximum atomic E-state index is 13.6. The van der Waals surface area contributed by atoms with Crippen molar-refractivity contribution in [2.24, 2.45) is 5.92 Å². The summed E-state index contributed by atoms with van der Waals surface area (Å²) < 4.78 is 31.7. The van der Waals surface area contributed by atoms with Gasteiger partial charge in [-0.1, -0.05) is 31.1 Å². The van der Waals surface area contributed by atoms with Crippen molar-refractivity contribution in [1.29, 1.82) is 0 Å². The Kier molecular flexibility index (Phi) is 6.49. The number of nitrogens with one attached hydrogen (secondary N) is 3. The number of aromatic nitrogens is 1. The van der Waals surface area contributed by atoms with Crippen molar-refractivity contribution in [2.45, 2.75) is 19.9 Å². The number of halogens is 2. The molecule has 0 radical (unpaired) electrons. The Morgan fingerprint density at radius 2 is 1.74 bits per heavy atom. The number of hydrogen-bond acceptors (Lipinski definition) is 5. The Morgan fingerprint density at radius 1 is 1.03 bits per heavy atom. The second kappa shape index (κ2) is 9.24. The number of amides is 2. The molecule has 0 aliphatic rings. The van der Waals surface area contributed by atoms with Crippen molar-refractivity contribution in [3.63, 3.8) is 0 Å². The maximum absolute atomic E-state index is 13.6. The predicted molar refractivity (Wildman–Crippen MR) is 111 cm³/mol. The molecule has 0 aliphatic heterocycles. The number of hydrogen-bond donors (Lipinski definition) is 4. The number of carbonyl (C=O) groups excluding carboxylic acids is 1. The molecule has 1 heterocycles. The molecule has 8 nitrogen and oxygen atoms in total. The number of carboxylic acid groups (broad SMARTS) is 1. The molecule has 0 fully saturated rings. The van der Waals surface area contributed by atoms with E-state index >= 15 is 0 Å². The van der Waals surface area contributed by atoms with E-state index in [1.54, 1.807) is 44.2 Å². The van der Waals surface area contributed by atoms with Gasteiger partial charge in [-0.15, -0.1) is 0 Å². The molecule has 0 bridgehead atoms. The zero-order valence-electron chi connectivity index (χ0n) is 16.6. The highest BCUT2D eigenvalue weighted by Gasteiger charge is 2.23. The average Bonchev–Trinajstić information content (AvgIpc) is 3.17. The van der Waals surface area contributed by atoms with Crippen LogP contribution in [0.4, 0.5) is 30.8 Å². The Bertz CT molecular complexity index is 1080. The smallest absolute Gasteiger partial charge is 0.326 e. The lowest BCUT2D eigenvalue weighted by Crippen LogP contribution is -2.34. The van der Waals surface area contributed by atoms with Crippen molar-refractivity contribution in [3.05, 3.63) is 60.2 Å². The highest BCUT2D eigenvalue weighted by atomic mass is 19.1. The Balaban J connectivity index is 1.63. The number of rotatable bonds is 7. The van der Waals surface area contributed by atoms with Gasteiger partial charge in [0.2, 0.25) is 5.88 Å². The van der Waals surface area contributed by atoms with E-state index in [0.29, 0.717) is 23.0 Å². The van der Waals surface area contributed by atoms with Crippen molar-refractivity contribution in [1.82, 2.24) is 5.16 Å². The number of nitrogens with zero attached hydrogens (tertiary/aromatic N) is 1. The molecule has 4 N–H and O–H groups in total. The summed E-state index contributed by atoms with van der Waals surface area (Å²) in [5.74, 6) is -2.57. The number of aliphatic carboxylic acids is 1. The van der Waals surface area contributed by atoms with Gasteiger partial charge < -0.3 is 25.6 Å². The minimum Gasteiger partial charge on any atom is -0.480 e. The molecule has 162 valence electrons. The van der Waals surface area contributed by atoms with E-state index in [1.165, 1.54) is 0 Å². The third kappa shape index (κ3) is 5.56. The lowest BCUT2D eigenvalue weighted by molar-refractivity contribution is -0.138. The van der Waals surface area contributed by atoms with Crippen LogP contribution in [-0.4, -0.2) is 28.3 Å². The number of urea groups is 1. The fraction of sp³-hybridized carbons (Fsp3) is 0.190. The van der Waals surface area contributed by atoms with Crippen molar-refractivity contribution in [2.75, 3.05) is 16.0 Å². The van der Waals surface area contributed by atoms with E-state index in [0.717, 1.165) is 12.1 Å². The highest BCUT2D eigenvalue weighted by molar-refractivity contribution is 5.99. The molecule has 1 atom stereocenters.